The topological polar surface area (TPSA) is 54.3 Å². The average molecular weight is 396 g/mol. The fourth-order valence-corrected chi connectivity index (χ4v) is 4.26. The summed E-state index contributed by atoms with van der Waals surface area (Å²) in [4.78, 5) is 14.7. The van der Waals surface area contributed by atoms with Crippen LogP contribution >= 0.6 is 11.8 Å². The van der Waals surface area contributed by atoms with Gasteiger partial charge in [-0.05, 0) is 36.6 Å². The molecule has 1 heterocycles. The predicted octanol–water partition coefficient (Wildman–Crippen LogP) is 4.64. The van der Waals surface area contributed by atoms with Gasteiger partial charge in [-0.15, -0.1) is 5.10 Å². The van der Waals surface area contributed by atoms with Crippen LogP contribution < -0.4 is 4.74 Å². The lowest BCUT2D eigenvalue weighted by atomic mass is 10.1. The molecule has 3 rings (SSSR count). The van der Waals surface area contributed by atoms with E-state index in [-0.39, 0.29) is 11.2 Å². The Labute approximate surface area is 170 Å². The van der Waals surface area contributed by atoms with Crippen molar-refractivity contribution in [2.75, 3.05) is 7.11 Å². The Kier molecular flexibility index (Phi) is 6.87. The number of rotatable bonds is 7. The van der Waals surface area contributed by atoms with E-state index in [2.05, 4.69) is 36.2 Å². The number of amides is 1. The standard InChI is InChI=1S/C22H25N3O2S/c1-4-9-20-21(26)25(15-18-12-6-5-10-16(18)2)22(28-20)24-23-14-17-11-7-8-13-19(17)27-3/h5-8,10-14,20H,4,9,15H2,1-3H3/b23-14-,24-22-/t20-/m1/s1. The maximum absolute atomic E-state index is 12.9. The third kappa shape index (κ3) is 4.62. The van der Waals surface area contributed by atoms with Gasteiger partial charge < -0.3 is 4.74 Å². The average Bonchev–Trinajstić information content (AvgIpc) is 2.99. The first-order chi connectivity index (χ1) is 13.6. The molecule has 0 aromatic heterocycles. The highest BCUT2D eigenvalue weighted by molar-refractivity contribution is 8.15. The fraction of sp³-hybridized carbons (Fsp3) is 0.318. The van der Waals surface area contributed by atoms with E-state index >= 15 is 0 Å². The molecule has 0 unspecified atom stereocenters. The molecule has 1 amide bonds. The van der Waals surface area contributed by atoms with Crippen molar-refractivity contribution in [3.63, 3.8) is 0 Å². The van der Waals surface area contributed by atoms with Gasteiger partial charge in [-0.1, -0.05) is 61.5 Å². The summed E-state index contributed by atoms with van der Waals surface area (Å²) in [5.41, 5.74) is 3.13. The molecule has 0 radical (unpaired) electrons. The van der Waals surface area contributed by atoms with E-state index in [1.54, 1.807) is 18.2 Å². The molecule has 1 fully saturated rings. The maximum Gasteiger partial charge on any atom is 0.242 e. The second-order valence-electron chi connectivity index (χ2n) is 6.62. The van der Waals surface area contributed by atoms with Crippen molar-refractivity contribution in [1.82, 2.24) is 4.90 Å². The van der Waals surface area contributed by atoms with Gasteiger partial charge in [-0.25, -0.2) is 0 Å². The molecule has 1 aliphatic heterocycles. The van der Waals surface area contributed by atoms with Crippen LogP contribution in [0.2, 0.25) is 0 Å². The SMILES string of the molecule is CCC[C@H]1S/C(=N\N=C/c2ccccc2OC)N(Cc2ccccc2C)C1=O. The lowest BCUT2D eigenvalue weighted by molar-refractivity contribution is -0.126. The molecule has 1 aliphatic rings. The molecule has 0 bridgehead atoms. The molecule has 5 nitrogen and oxygen atoms in total. The van der Waals surface area contributed by atoms with Gasteiger partial charge >= 0.3 is 0 Å². The van der Waals surface area contributed by atoms with Crippen LogP contribution in [0.3, 0.4) is 0 Å². The second-order valence-corrected chi connectivity index (χ2v) is 7.79. The van der Waals surface area contributed by atoms with Crippen LogP contribution in [0, 0.1) is 6.92 Å². The summed E-state index contributed by atoms with van der Waals surface area (Å²) >= 11 is 1.50. The predicted molar refractivity (Wildman–Crippen MR) is 116 cm³/mol. The number of nitrogens with zero attached hydrogens (tertiary/aromatic N) is 3. The van der Waals surface area contributed by atoms with Crippen LogP contribution in [-0.4, -0.2) is 34.5 Å². The van der Waals surface area contributed by atoms with Crippen LogP contribution in [0.4, 0.5) is 0 Å². The van der Waals surface area contributed by atoms with Crippen molar-refractivity contribution in [3.05, 3.63) is 65.2 Å². The van der Waals surface area contributed by atoms with E-state index in [4.69, 9.17) is 4.74 Å². The Morgan fingerprint density at radius 3 is 2.68 bits per heavy atom. The first-order valence-corrected chi connectivity index (χ1v) is 10.3. The van der Waals surface area contributed by atoms with Crippen molar-refractivity contribution in [2.24, 2.45) is 10.2 Å². The molecule has 0 spiro atoms. The highest BCUT2D eigenvalue weighted by Gasteiger charge is 2.37. The zero-order valence-corrected chi connectivity index (χ0v) is 17.3. The molecule has 146 valence electrons. The zero-order chi connectivity index (χ0) is 19.9. The van der Waals surface area contributed by atoms with E-state index < -0.39 is 0 Å². The van der Waals surface area contributed by atoms with Gasteiger partial charge in [0.2, 0.25) is 5.91 Å². The summed E-state index contributed by atoms with van der Waals surface area (Å²) in [5, 5.41) is 9.19. The van der Waals surface area contributed by atoms with Crippen molar-refractivity contribution in [1.29, 1.82) is 0 Å². The number of benzene rings is 2. The minimum absolute atomic E-state index is 0.0887. The van der Waals surface area contributed by atoms with Crippen molar-refractivity contribution >= 4 is 29.1 Å². The van der Waals surface area contributed by atoms with E-state index in [0.717, 1.165) is 35.3 Å². The number of para-hydroxylation sites is 1. The molecule has 28 heavy (non-hydrogen) atoms. The van der Waals surface area contributed by atoms with Crippen LogP contribution in [0.25, 0.3) is 0 Å². The zero-order valence-electron chi connectivity index (χ0n) is 16.5. The molecule has 0 aliphatic carbocycles. The number of ether oxygens (including phenoxy) is 1. The number of amidine groups is 1. The molecule has 2 aromatic rings. The van der Waals surface area contributed by atoms with Crippen molar-refractivity contribution < 1.29 is 9.53 Å². The number of methoxy groups -OCH3 is 1. The quantitative estimate of drug-likeness (QED) is 0.507. The Hall–Kier alpha value is -2.60. The molecular weight excluding hydrogens is 370 g/mol. The van der Waals surface area contributed by atoms with Crippen LogP contribution in [0.15, 0.2) is 58.7 Å². The smallest absolute Gasteiger partial charge is 0.242 e. The van der Waals surface area contributed by atoms with Crippen molar-refractivity contribution in [3.8, 4) is 5.75 Å². The van der Waals surface area contributed by atoms with Crippen LogP contribution in [0.1, 0.15) is 36.5 Å². The normalized spacial score (nSPS) is 18.4. The molecular formula is C22H25N3O2S. The Balaban J connectivity index is 1.85. The summed E-state index contributed by atoms with van der Waals surface area (Å²) < 4.78 is 5.34. The van der Waals surface area contributed by atoms with Gasteiger partial charge in [-0.2, -0.15) is 5.10 Å². The molecule has 0 N–H and O–H groups in total. The summed E-state index contributed by atoms with van der Waals surface area (Å²) in [6.45, 7) is 4.67. The Morgan fingerprint density at radius 2 is 1.93 bits per heavy atom. The summed E-state index contributed by atoms with van der Waals surface area (Å²) in [6, 6.07) is 15.7. The van der Waals surface area contributed by atoms with Gasteiger partial charge in [0.1, 0.15) is 5.75 Å². The largest absolute Gasteiger partial charge is 0.496 e. The summed E-state index contributed by atoms with van der Waals surface area (Å²) in [5.74, 6) is 0.851. The fourth-order valence-electron chi connectivity index (χ4n) is 3.05. The molecule has 1 atom stereocenters. The number of hydrogen-bond acceptors (Lipinski definition) is 5. The summed E-state index contributed by atoms with van der Waals surface area (Å²) in [6.07, 6.45) is 3.46. The molecule has 1 saturated heterocycles. The highest BCUT2D eigenvalue weighted by atomic mass is 32.2. The maximum atomic E-state index is 12.9. The lowest BCUT2D eigenvalue weighted by Gasteiger charge is -2.17. The first kappa shape index (κ1) is 20.1. The van der Waals surface area contributed by atoms with E-state index in [1.165, 1.54) is 11.8 Å². The monoisotopic (exact) mass is 395 g/mol. The number of carbonyl (C=O) groups excluding carboxylic acids is 1. The second kappa shape index (κ2) is 9.55. The highest BCUT2D eigenvalue weighted by Crippen LogP contribution is 2.32. The Morgan fingerprint density at radius 1 is 1.18 bits per heavy atom. The number of thioether (sulfide) groups is 1. The summed E-state index contributed by atoms with van der Waals surface area (Å²) in [7, 11) is 1.63. The minimum atomic E-state index is -0.0887. The molecule has 6 heteroatoms. The lowest BCUT2D eigenvalue weighted by Crippen LogP contribution is -2.31. The van der Waals surface area contributed by atoms with Gasteiger partial charge in [0, 0.05) is 5.56 Å². The third-order valence-electron chi connectivity index (χ3n) is 4.64. The van der Waals surface area contributed by atoms with E-state index in [9.17, 15) is 4.79 Å². The van der Waals surface area contributed by atoms with Gasteiger partial charge in [-0.3, -0.25) is 9.69 Å². The molecule has 0 saturated carbocycles. The van der Waals surface area contributed by atoms with Gasteiger partial charge in [0.15, 0.2) is 5.17 Å². The molecule has 2 aromatic carbocycles. The Bertz CT molecular complexity index is 895. The number of carbonyl (C=O) groups is 1. The van der Waals surface area contributed by atoms with Crippen LogP contribution in [0.5, 0.6) is 5.75 Å². The first-order valence-electron chi connectivity index (χ1n) is 9.40. The number of hydrogen-bond donors (Lipinski definition) is 0. The number of aryl methyl sites for hydroxylation is 1. The van der Waals surface area contributed by atoms with E-state index in [0.29, 0.717) is 11.7 Å². The van der Waals surface area contributed by atoms with Crippen LogP contribution in [-0.2, 0) is 11.3 Å². The van der Waals surface area contributed by atoms with Crippen molar-refractivity contribution in [2.45, 2.75) is 38.5 Å². The van der Waals surface area contributed by atoms with Gasteiger partial charge in [0.05, 0.1) is 25.1 Å². The minimum Gasteiger partial charge on any atom is -0.496 e. The van der Waals surface area contributed by atoms with Gasteiger partial charge in [0.25, 0.3) is 0 Å². The van der Waals surface area contributed by atoms with E-state index in [1.807, 2.05) is 36.4 Å². The third-order valence-corrected chi connectivity index (χ3v) is 5.87.